The third-order valence-corrected chi connectivity index (χ3v) is 4.74. The summed E-state index contributed by atoms with van der Waals surface area (Å²) in [5.41, 5.74) is 8.84. The molecule has 1 aliphatic carbocycles. The van der Waals surface area contributed by atoms with Crippen LogP contribution in [0.15, 0.2) is 30.6 Å². The topological polar surface area (TPSA) is 71.8 Å². The van der Waals surface area contributed by atoms with E-state index in [0.29, 0.717) is 12.0 Å². The van der Waals surface area contributed by atoms with Gasteiger partial charge in [0.15, 0.2) is 0 Å². The average molecular weight is 339 g/mol. The van der Waals surface area contributed by atoms with Crippen LogP contribution in [-0.2, 0) is 4.79 Å². The molecule has 2 aromatic heterocycles. The van der Waals surface area contributed by atoms with Gasteiger partial charge in [-0.25, -0.2) is 9.97 Å². The van der Waals surface area contributed by atoms with Gasteiger partial charge in [-0.3, -0.25) is 15.6 Å². The number of carbonyl (C=O) groups is 1. The monoisotopic (exact) mass is 339 g/mol. The van der Waals surface area contributed by atoms with Crippen LogP contribution >= 0.6 is 0 Å². The van der Waals surface area contributed by atoms with E-state index in [1.807, 2.05) is 6.08 Å². The maximum atomic E-state index is 12.0. The number of carbonyl (C=O) groups excluding carboxylic acids is 1. The van der Waals surface area contributed by atoms with E-state index in [0.717, 1.165) is 5.56 Å². The second kappa shape index (κ2) is 7.96. The van der Waals surface area contributed by atoms with Crippen molar-refractivity contribution in [3.63, 3.8) is 0 Å². The van der Waals surface area contributed by atoms with E-state index < -0.39 is 0 Å². The SMILES string of the molecule is Cc1cc(/C=C/C(=O)NNc2ncccn2)c(C)n1C1CCCCC1. The van der Waals surface area contributed by atoms with Crippen molar-refractivity contribution < 1.29 is 4.79 Å². The zero-order valence-corrected chi connectivity index (χ0v) is 14.8. The third-order valence-electron chi connectivity index (χ3n) is 4.74. The molecule has 1 saturated carbocycles. The predicted octanol–water partition coefficient (Wildman–Crippen LogP) is 3.56. The molecule has 3 rings (SSSR count). The summed E-state index contributed by atoms with van der Waals surface area (Å²) in [6.45, 7) is 4.28. The first kappa shape index (κ1) is 17.2. The maximum absolute atomic E-state index is 12.0. The Balaban J connectivity index is 1.64. The van der Waals surface area contributed by atoms with Crippen LogP contribution in [0.25, 0.3) is 6.08 Å². The van der Waals surface area contributed by atoms with Gasteiger partial charge >= 0.3 is 0 Å². The summed E-state index contributed by atoms with van der Waals surface area (Å²) in [4.78, 5) is 19.9. The third kappa shape index (κ3) is 4.26. The van der Waals surface area contributed by atoms with Crippen LogP contribution in [0.2, 0.25) is 0 Å². The Bertz CT molecular complexity index is 745. The first-order valence-corrected chi connectivity index (χ1v) is 8.84. The Labute approximate surface area is 148 Å². The number of nitrogens with zero attached hydrogens (tertiary/aromatic N) is 3. The predicted molar refractivity (Wildman–Crippen MR) is 98.9 cm³/mol. The van der Waals surface area contributed by atoms with Gasteiger partial charge in [-0.05, 0) is 50.5 Å². The molecule has 6 heteroatoms. The Morgan fingerprint density at radius 2 is 1.92 bits per heavy atom. The van der Waals surface area contributed by atoms with E-state index in [-0.39, 0.29) is 5.91 Å². The van der Waals surface area contributed by atoms with Crippen LogP contribution in [0.5, 0.6) is 0 Å². The van der Waals surface area contributed by atoms with E-state index in [1.165, 1.54) is 49.6 Å². The van der Waals surface area contributed by atoms with Crippen LogP contribution < -0.4 is 10.9 Å². The normalized spacial score (nSPS) is 15.4. The van der Waals surface area contributed by atoms with Crippen LogP contribution in [0, 0.1) is 13.8 Å². The van der Waals surface area contributed by atoms with E-state index >= 15 is 0 Å². The number of anilines is 1. The summed E-state index contributed by atoms with van der Waals surface area (Å²) in [5.74, 6) is 0.120. The molecule has 0 bridgehead atoms. The van der Waals surface area contributed by atoms with Crippen LogP contribution in [0.4, 0.5) is 5.95 Å². The molecule has 1 amide bonds. The van der Waals surface area contributed by atoms with Gasteiger partial charge in [0.25, 0.3) is 5.91 Å². The summed E-state index contributed by atoms with van der Waals surface area (Å²) >= 11 is 0. The molecule has 0 aromatic carbocycles. The molecule has 25 heavy (non-hydrogen) atoms. The highest BCUT2D eigenvalue weighted by atomic mass is 16.2. The molecule has 0 aliphatic heterocycles. The molecule has 0 saturated heterocycles. The van der Waals surface area contributed by atoms with Gasteiger partial charge in [-0.2, -0.15) is 0 Å². The van der Waals surface area contributed by atoms with Crippen molar-refractivity contribution >= 4 is 17.9 Å². The summed E-state index contributed by atoms with van der Waals surface area (Å²) in [5, 5.41) is 0. The van der Waals surface area contributed by atoms with Crippen LogP contribution in [-0.4, -0.2) is 20.4 Å². The second-order valence-electron chi connectivity index (χ2n) is 6.51. The number of aryl methyl sites for hydroxylation is 1. The average Bonchev–Trinajstić information content (AvgIpc) is 2.93. The highest BCUT2D eigenvalue weighted by molar-refractivity contribution is 5.92. The van der Waals surface area contributed by atoms with Crippen molar-refractivity contribution in [2.45, 2.75) is 52.0 Å². The molecule has 132 valence electrons. The van der Waals surface area contributed by atoms with Crippen molar-refractivity contribution in [2.24, 2.45) is 0 Å². The molecule has 6 nitrogen and oxygen atoms in total. The summed E-state index contributed by atoms with van der Waals surface area (Å²) in [6.07, 6.45) is 13.1. The van der Waals surface area contributed by atoms with Crippen molar-refractivity contribution in [3.8, 4) is 0 Å². The molecule has 2 aromatic rings. The zero-order chi connectivity index (χ0) is 17.6. The molecule has 0 radical (unpaired) electrons. The quantitative estimate of drug-likeness (QED) is 0.645. The number of aromatic nitrogens is 3. The molecular formula is C19H25N5O. The van der Waals surface area contributed by atoms with Gasteiger partial charge < -0.3 is 4.57 Å². The van der Waals surface area contributed by atoms with Gasteiger partial charge in [0, 0.05) is 35.9 Å². The largest absolute Gasteiger partial charge is 0.346 e. The van der Waals surface area contributed by atoms with Crippen LogP contribution in [0.1, 0.15) is 55.1 Å². The van der Waals surface area contributed by atoms with E-state index in [4.69, 9.17) is 0 Å². The minimum atomic E-state index is -0.241. The molecule has 2 heterocycles. The minimum Gasteiger partial charge on any atom is -0.346 e. The number of hydrogen-bond acceptors (Lipinski definition) is 4. The fourth-order valence-electron chi connectivity index (χ4n) is 3.56. The molecular weight excluding hydrogens is 314 g/mol. The fourth-order valence-corrected chi connectivity index (χ4v) is 3.56. The Kier molecular flexibility index (Phi) is 5.48. The summed E-state index contributed by atoms with van der Waals surface area (Å²) < 4.78 is 2.44. The molecule has 0 atom stereocenters. The fraction of sp³-hybridized carbons (Fsp3) is 0.421. The van der Waals surface area contributed by atoms with E-state index in [9.17, 15) is 4.79 Å². The molecule has 0 spiro atoms. The Morgan fingerprint density at radius 1 is 1.20 bits per heavy atom. The first-order valence-electron chi connectivity index (χ1n) is 8.84. The van der Waals surface area contributed by atoms with Gasteiger partial charge in [0.05, 0.1) is 0 Å². The molecule has 1 aliphatic rings. The number of amides is 1. The lowest BCUT2D eigenvalue weighted by atomic mass is 9.95. The highest BCUT2D eigenvalue weighted by Gasteiger charge is 2.19. The minimum absolute atomic E-state index is 0.241. The van der Waals surface area contributed by atoms with Gasteiger partial charge in [0.2, 0.25) is 5.95 Å². The lowest BCUT2D eigenvalue weighted by Crippen LogP contribution is -2.28. The molecule has 2 N–H and O–H groups in total. The first-order chi connectivity index (χ1) is 12.1. The standard InChI is InChI=1S/C19H25N5O/c1-14-13-16(15(2)24(14)17-7-4-3-5-8-17)9-10-18(25)22-23-19-20-11-6-12-21-19/h6,9-13,17H,3-5,7-8H2,1-2H3,(H,22,25)(H,20,21,23)/b10-9+. The van der Waals surface area contributed by atoms with Crippen molar-refractivity contribution in [3.05, 3.63) is 47.6 Å². The summed E-state index contributed by atoms with van der Waals surface area (Å²) in [6, 6.07) is 4.47. The summed E-state index contributed by atoms with van der Waals surface area (Å²) in [7, 11) is 0. The van der Waals surface area contributed by atoms with Crippen molar-refractivity contribution in [1.29, 1.82) is 0 Å². The number of rotatable bonds is 5. The van der Waals surface area contributed by atoms with Gasteiger partial charge in [0.1, 0.15) is 0 Å². The number of nitrogens with one attached hydrogen (secondary N) is 2. The van der Waals surface area contributed by atoms with Crippen molar-refractivity contribution in [2.75, 3.05) is 5.43 Å². The Hall–Kier alpha value is -2.63. The zero-order valence-electron chi connectivity index (χ0n) is 14.8. The van der Waals surface area contributed by atoms with Crippen molar-refractivity contribution in [1.82, 2.24) is 20.0 Å². The lowest BCUT2D eigenvalue weighted by molar-refractivity contribution is -0.116. The van der Waals surface area contributed by atoms with Gasteiger partial charge in [-0.1, -0.05) is 19.3 Å². The number of hydrogen-bond donors (Lipinski definition) is 2. The maximum Gasteiger partial charge on any atom is 0.262 e. The van der Waals surface area contributed by atoms with Crippen LogP contribution in [0.3, 0.4) is 0 Å². The smallest absolute Gasteiger partial charge is 0.262 e. The van der Waals surface area contributed by atoms with E-state index in [1.54, 1.807) is 18.5 Å². The number of hydrazine groups is 1. The van der Waals surface area contributed by atoms with Gasteiger partial charge in [-0.15, -0.1) is 0 Å². The lowest BCUT2D eigenvalue weighted by Gasteiger charge is -2.26. The second-order valence-corrected chi connectivity index (χ2v) is 6.51. The molecule has 1 fully saturated rings. The highest BCUT2D eigenvalue weighted by Crippen LogP contribution is 2.32. The van der Waals surface area contributed by atoms with E-state index in [2.05, 4.69) is 45.3 Å². The molecule has 0 unspecified atom stereocenters. The Morgan fingerprint density at radius 3 is 2.64 bits per heavy atom.